The first-order chi connectivity index (χ1) is 12.7. The van der Waals surface area contributed by atoms with Crippen LogP contribution in [0.25, 0.3) is 5.65 Å². The Morgan fingerprint density at radius 1 is 1.07 bits per heavy atom. The van der Waals surface area contributed by atoms with E-state index in [4.69, 9.17) is 5.11 Å². The van der Waals surface area contributed by atoms with Crippen molar-refractivity contribution in [2.45, 2.75) is 6.18 Å². The number of rotatable bonds is 4. The smallest absolute Gasteiger partial charge is 0.435 e. The lowest BCUT2D eigenvalue weighted by Gasteiger charge is -2.06. The van der Waals surface area contributed by atoms with Crippen molar-refractivity contribution < 1.29 is 32.7 Å². The number of carboxylic acids is 1. The van der Waals surface area contributed by atoms with Crippen LogP contribution in [0.3, 0.4) is 0 Å². The van der Waals surface area contributed by atoms with Gasteiger partial charge in [0.1, 0.15) is 11.3 Å². The van der Waals surface area contributed by atoms with Gasteiger partial charge in [-0.2, -0.15) is 13.2 Å². The standard InChI is InChI=1S/C17H10F3N3O4/c18-17(19,20)14-12(13(24)16(26)27)23-7-6-9(8-11(23)22-14)15(25)21-10-4-2-1-3-5-10/h1-8H,(H,21,25)(H,26,27). The Bertz CT molecular complexity index is 1060. The van der Waals surface area contributed by atoms with Crippen molar-refractivity contribution in [1.82, 2.24) is 9.38 Å². The maximum atomic E-state index is 13.2. The van der Waals surface area contributed by atoms with Crippen molar-refractivity contribution in [1.29, 1.82) is 0 Å². The van der Waals surface area contributed by atoms with E-state index in [0.717, 1.165) is 18.3 Å². The van der Waals surface area contributed by atoms with Crippen LogP contribution < -0.4 is 5.32 Å². The molecule has 0 saturated heterocycles. The Balaban J connectivity index is 2.07. The second-order valence-electron chi connectivity index (χ2n) is 5.40. The maximum absolute atomic E-state index is 13.2. The number of halogens is 3. The molecule has 0 unspecified atom stereocenters. The number of nitrogens with one attached hydrogen (secondary N) is 1. The highest BCUT2D eigenvalue weighted by molar-refractivity contribution is 6.39. The van der Waals surface area contributed by atoms with Crippen LogP contribution in [0.15, 0.2) is 48.7 Å². The topological polar surface area (TPSA) is 101 Å². The number of alkyl halides is 3. The molecular formula is C17H10F3N3O4. The van der Waals surface area contributed by atoms with E-state index in [9.17, 15) is 27.6 Å². The SMILES string of the molecule is O=C(O)C(=O)c1c(C(F)(F)F)nc2cc(C(=O)Nc3ccccc3)ccn12. The predicted octanol–water partition coefficient (Wildman–Crippen LogP) is 2.87. The molecule has 0 saturated carbocycles. The highest BCUT2D eigenvalue weighted by Gasteiger charge is 2.41. The molecule has 27 heavy (non-hydrogen) atoms. The predicted molar refractivity (Wildman–Crippen MR) is 86.6 cm³/mol. The van der Waals surface area contributed by atoms with Gasteiger partial charge in [0.2, 0.25) is 0 Å². The summed E-state index contributed by atoms with van der Waals surface area (Å²) < 4.78 is 40.2. The fraction of sp³-hybridized carbons (Fsp3) is 0.0588. The number of fused-ring (bicyclic) bond motifs is 1. The van der Waals surface area contributed by atoms with E-state index >= 15 is 0 Å². The lowest BCUT2D eigenvalue weighted by molar-refractivity contribution is -0.141. The number of pyridine rings is 1. The van der Waals surface area contributed by atoms with Crippen molar-refractivity contribution in [3.8, 4) is 0 Å². The van der Waals surface area contributed by atoms with Crippen LogP contribution in [-0.4, -0.2) is 32.2 Å². The van der Waals surface area contributed by atoms with Crippen LogP contribution >= 0.6 is 0 Å². The van der Waals surface area contributed by atoms with Crippen molar-refractivity contribution in [3.63, 3.8) is 0 Å². The van der Waals surface area contributed by atoms with E-state index in [-0.39, 0.29) is 11.2 Å². The van der Waals surface area contributed by atoms with Gasteiger partial charge in [-0.15, -0.1) is 0 Å². The first kappa shape index (κ1) is 18.1. The van der Waals surface area contributed by atoms with Gasteiger partial charge in [-0.25, -0.2) is 9.78 Å². The van der Waals surface area contributed by atoms with Crippen molar-refractivity contribution in [2.24, 2.45) is 0 Å². The molecule has 2 aromatic heterocycles. The summed E-state index contributed by atoms with van der Waals surface area (Å²) in [5, 5.41) is 11.3. The van der Waals surface area contributed by atoms with Crippen LogP contribution in [0.5, 0.6) is 0 Å². The van der Waals surface area contributed by atoms with Gasteiger partial charge in [0.25, 0.3) is 11.7 Å². The molecule has 2 heterocycles. The molecule has 0 aliphatic heterocycles. The minimum Gasteiger partial charge on any atom is -0.475 e. The lowest BCUT2D eigenvalue weighted by Crippen LogP contribution is -2.20. The molecule has 1 aromatic carbocycles. The van der Waals surface area contributed by atoms with Crippen LogP contribution in [-0.2, 0) is 11.0 Å². The fourth-order valence-corrected chi connectivity index (χ4v) is 2.43. The number of hydrogen-bond acceptors (Lipinski definition) is 4. The number of aromatic nitrogens is 2. The molecule has 1 amide bonds. The molecule has 0 spiro atoms. The Labute approximate surface area is 149 Å². The lowest BCUT2D eigenvalue weighted by atomic mass is 10.2. The second-order valence-corrected chi connectivity index (χ2v) is 5.40. The average Bonchev–Trinajstić information content (AvgIpc) is 3.00. The number of nitrogens with zero attached hydrogens (tertiary/aromatic N) is 2. The zero-order valence-electron chi connectivity index (χ0n) is 13.3. The number of carboxylic acid groups (broad SMARTS) is 1. The number of para-hydroxylation sites is 1. The first-order valence-corrected chi connectivity index (χ1v) is 7.42. The zero-order valence-corrected chi connectivity index (χ0v) is 13.3. The highest BCUT2D eigenvalue weighted by atomic mass is 19.4. The van der Waals surface area contributed by atoms with Gasteiger partial charge in [-0.1, -0.05) is 18.2 Å². The van der Waals surface area contributed by atoms with E-state index in [0.29, 0.717) is 10.1 Å². The molecule has 7 nitrogen and oxygen atoms in total. The van der Waals surface area contributed by atoms with Crippen LogP contribution in [0.4, 0.5) is 18.9 Å². The van der Waals surface area contributed by atoms with Gasteiger partial charge < -0.3 is 10.4 Å². The molecule has 0 aliphatic rings. The summed E-state index contributed by atoms with van der Waals surface area (Å²) in [6.07, 6.45) is -4.05. The number of imidazole rings is 1. The van der Waals surface area contributed by atoms with E-state index in [1.165, 1.54) is 0 Å². The average molecular weight is 377 g/mol. The van der Waals surface area contributed by atoms with Crippen molar-refractivity contribution in [2.75, 3.05) is 5.32 Å². The number of amides is 1. The third-order valence-corrected chi connectivity index (χ3v) is 3.60. The van der Waals surface area contributed by atoms with Crippen molar-refractivity contribution >= 4 is 29.0 Å². The van der Waals surface area contributed by atoms with Gasteiger partial charge in [-0.05, 0) is 24.3 Å². The number of benzene rings is 1. The quantitative estimate of drug-likeness (QED) is 0.538. The van der Waals surface area contributed by atoms with E-state index in [1.807, 2.05) is 0 Å². The number of ketones is 1. The molecular weight excluding hydrogens is 367 g/mol. The summed E-state index contributed by atoms with van der Waals surface area (Å²) in [4.78, 5) is 38.2. The Morgan fingerprint density at radius 3 is 2.33 bits per heavy atom. The second kappa shape index (κ2) is 6.56. The minimum atomic E-state index is -5.04. The summed E-state index contributed by atoms with van der Waals surface area (Å²) in [6.45, 7) is 0. The Kier molecular flexibility index (Phi) is 4.40. The molecule has 3 rings (SSSR count). The summed E-state index contributed by atoms with van der Waals surface area (Å²) in [5.74, 6) is -4.41. The van der Waals surface area contributed by atoms with Gasteiger partial charge >= 0.3 is 12.1 Å². The van der Waals surface area contributed by atoms with Crippen molar-refractivity contribution in [3.05, 3.63) is 65.6 Å². The number of carbonyl (C=O) groups excluding carboxylic acids is 2. The van der Waals surface area contributed by atoms with Crippen LogP contribution in [0.2, 0.25) is 0 Å². The van der Waals surface area contributed by atoms with Gasteiger partial charge in [0.05, 0.1) is 0 Å². The van der Waals surface area contributed by atoms with Crippen LogP contribution in [0, 0.1) is 0 Å². The number of aliphatic carboxylic acids is 1. The number of carbonyl (C=O) groups is 3. The Morgan fingerprint density at radius 2 is 1.74 bits per heavy atom. The summed E-state index contributed by atoms with van der Waals surface area (Å²) in [7, 11) is 0. The minimum absolute atomic E-state index is 0.0144. The highest BCUT2D eigenvalue weighted by Crippen LogP contribution is 2.32. The third-order valence-electron chi connectivity index (χ3n) is 3.60. The van der Waals surface area contributed by atoms with Gasteiger partial charge in [0, 0.05) is 17.4 Å². The molecule has 0 bridgehead atoms. The molecule has 0 fully saturated rings. The number of Topliss-reactive ketones (excluding diaryl/α,β-unsaturated/α-hetero) is 1. The zero-order chi connectivity index (χ0) is 19.8. The maximum Gasteiger partial charge on any atom is 0.435 e. The van der Waals surface area contributed by atoms with E-state index in [2.05, 4.69) is 10.3 Å². The van der Waals surface area contributed by atoms with Gasteiger partial charge in [0.15, 0.2) is 5.69 Å². The monoisotopic (exact) mass is 377 g/mol. The largest absolute Gasteiger partial charge is 0.475 e. The number of anilines is 1. The van der Waals surface area contributed by atoms with Crippen LogP contribution in [0.1, 0.15) is 26.5 Å². The summed E-state index contributed by atoms with van der Waals surface area (Å²) in [6, 6.07) is 10.6. The molecule has 10 heteroatoms. The fourth-order valence-electron chi connectivity index (χ4n) is 2.43. The molecule has 2 N–H and O–H groups in total. The third kappa shape index (κ3) is 3.50. The Hall–Kier alpha value is -3.69. The number of hydrogen-bond donors (Lipinski definition) is 2. The van der Waals surface area contributed by atoms with E-state index in [1.54, 1.807) is 30.3 Å². The first-order valence-electron chi connectivity index (χ1n) is 7.42. The summed E-state index contributed by atoms with van der Waals surface area (Å²) in [5.41, 5.74) is -2.67. The molecule has 0 aliphatic carbocycles. The van der Waals surface area contributed by atoms with Gasteiger partial charge in [-0.3, -0.25) is 14.0 Å². The molecule has 138 valence electrons. The normalized spacial score (nSPS) is 11.4. The van der Waals surface area contributed by atoms with E-state index < -0.39 is 35.2 Å². The molecule has 0 atom stereocenters. The summed E-state index contributed by atoms with van der Waals surface area (Å²) >= 11 is 0. The molecule has 3 aromatic rings. The molecule has 0 radical (unpaired) electrons.